The molecule has 2 saturated heterocycles. The topological polar surface area (TPSA) is 61.8 Å². The summed E-state index contributed by atoms with van der Waals surface area (Å²) in [7, 11) is 2.16. The molecule has 7 nitrogen and oxygen atoms in total. The Bertz CT molecular complexity index is 1190. The van der Waals surface area contributed by atoms with Gasteiger partial charge < -0.3 is 19.4 Å². The third-order valence-electron chi connectivity index (χ3n) is 9.08. The first-order chi connectivity index (χ1) is 18.3. The molecule has 1 aromatic carbocycles. The van der Waals surface area contributed by atoms with E-state index < -0.39 is 0 Å². The van der Waals surface area contributed by atoms with E-state index in [-0.39, 0.29) is 5.41 Å². The third-order valence-corrected chi connectivity index (χ3v) is 9.28. The van der Waals surface area contributed by atoms with Crippen molar-refractivity contribution in [2.24, 2.45) is 5.41 Å². The Labute approximate surface area is 231 Å². The van der Waals surface area contributed by atoms with Crippen LogP contribution >= 0.6 is 11.6 Å². The number of fused-ring (bicyclic) bond motifs is 1. The maximum Gasteiger partial charge on any atom is 0.318 e. The molecule has 1 unspecified atom stereocenters. The molecule has 0 N–H and O–H groups in total. The Morgan fingerprint density at radius 1 is 1.16 bits per heavy atom. The van der Waals surface area contributed by atoms with Gasteiger partial charge in [0.25, 0.3) is 0 Å². The van der Waals surface area contributed by atoms with Gasteiger partial charge in [-0.2, -0.15) is 9.97 Å². The number of hydrogen-bond donors (Lipinski definition) is 0. The number of halogens is 1. The van der Waals surface area contributed by atoms with E-state index in [0.717, 1.165) is 81.0 Å². The third kappa shape index (κ3) is 5.28. The van der Waals surface area contributed by atoms with Crippen LogP contribution in [0.15, 0.2) is 30.8 Å². The van der Waals surface area contributed by atoms with E-state index in [0.29, 0.717) is 36.0 Å². The number of Topliss-reactive ketones (excluding diaryl/α,β-unsaturated/α-hetero) is 1. The summed E-state index contributed by atoms with van der Waals surface area (Å²) >= 11 is 6.35. The summed E-state index contributed by atoms with van der Waals surface area (Å²) in [5, 5.41) is 0.540. The molecule has 8 heteroatoms. The van der Waals surface area contributed by atoms with Crippen LogP contribution in [0.2, 0.25) is 0 Å². The quantitative estimate of drug-likeness (QED) is 0.452. The molecule has 0 aliphatic carbocycles. The van der Waals surface area contributed by atoms with Gasteiger partial charge in [0.15, 0.2) is 0 Å². The van der Waals surface area contributed by atoms with Crippen molar-refractivity contribution in [3.63, 3.8) is 0 Å². The molecule has 38 heavy (non-hydrogen) atoms. The molecule has 0 amide bonds. The summed E-state index contributed by atoms with van der Waals surface area (Å²) in [4.78, 5) is 29.5. The molecule has 2 fully saturated rings. The zero-order valence-electron chi connectivity index (χ0n) is 23.0. The fourth-order valence-electron chi connectivity index (χ4n) is 6.36. The van der Waals surface area contributed by atoms with Crippen LogP contribution in [-0.2, 0) is 17.8 Å². The van der Waals surface area contributed by atoms with Gasteiger partial charge in [0.05, 0.1) is 12.2 Å². The minimum atomic E-state index is -0.208. The molecule has 5 rings (SSSR count). The second kappa shape index (κ2) is 11.2. The van der Waals surface area contributed by atoms with Crippen LogP contribution in [0.4, 0.5) is 11.5 Å². The number of likely N-dealkylation sites (tertiary alicyclic amines) is 1. The van der Waals surface area contributed by atoms with E-state index in [2.05, 4.69) is 41.3 Å². The summed E-state index contributed by atoms with van der Waals surface area (Å²) in [5.74, 6) is 1.29. The number of aromatic nitrogens is 2. The molecule has 0 bridgehead atoms. The number of rotatable bonds is 8. The highest BCUT2D eigenvalue weighted by Crippen LogP contribution is 2.40. The van der Waals surface area contributed by atoms with Crippen molar-refractivity contribution < 1.29 is 9.53 Å². The molecule has 1 aromatic heterocycles. The lowest BCUT2D eigenvalue weighted by Crippen LogP contribution is -2.44. The Morgan fingerprint density at radius 2 is 1.92 bits per heavy atom. The molecule has 0 spiro atoms. The average molecular weight is 538 g/mol. The van der Waals surface area contributed by atoms with Crippen LogP contribution in [-0.4, -0.2) is 66.5 Å². The van der Waals surface area contributed by atoms with Crippen LogP contribution in [0.1, 0.15) is 62.8 Å². The van der Waals surface area contributed by atoms with Gasteiger partial charge in [0.1, 0.15) is 18.2 Å². The van der Waals surface area contributed by atoms with Crippen LogP contribution in [0.25, 0.3) is 5.03 Å². The Kier molecular flexibility index (Phi) is 7.96. The van der Waals surface area contributed by atoms with Crippen molar-refractivity contribution in [2.45, 2.75) is 65.0 Å². The standard InChI is InChI=1S/C30H40ClN5O2/c1-5-30(22(3)37)13-17-35(18-14-30)28-25-12-16-36(27-11-7-6-10-24(27)21(2)31)19-26(25)32-29(33-28)38-20-23-9-8-15-34(23)4/h6-7,10-11,23H,2,5,8-9,12-20H2,1,3-4H3. The largest absolute Gasteiger partial charge is 0.462 e. The summed E-state index contributed by atoms with van der Waals surface area (Å²) in [5.41, 5.74) is 4.01. The number of likely N-dealkylation sites (N-methyl/N-ethyl adjacent to an activating group) is 1. The van der Waals surface area contributed by atoms with Gasteiger partial charge in [-0.1, -0.05) is 43.3 Å². The van der Waals surface area contributed by atoms with Crippen molar-refractivity contribution in [1.82, 2.24) is 14.9 Å². The molecule has 3 aliphatic rings. The van der Waals surface area contributed by atoms with Crippen LogP contribution in [0, 0.1) is 5.41 Å². The van der Waals surface area contributed by atoms with Gasteiger partial charge in [-0.25, -0.2) is 0 Å². The van der Waals surface area contributed by atoms with Crippen LogP contribution in [0.5, 0.6) is 6.01 Å². The maximum absolute atomic E-state index is 12.5. The molecule has 2 aromatic rings. The van der Waals surface area contributed by atoms with E-state index in [1.165, 1.54) is 12.0 Å². The number of nitrogens with zero attached hydrogens (tertiary/aromatic N) is 5. The Balaban J connectivity index is 1.44. The second-order valence-corrected chi connectivity index (χ2v) is 11.6. The number of carbonyl (C=O) groups is 1. The summed E-state index contributed by atoms with van der Waals surface area (Å²) in [6, 6.07) is 8.99. The number of anilines is 2. The molecule has 4 heterocycles. The van der Waals surface area contributed by atoms with Crippen molar-refractivity contribution in [3.05, 3.63) is 47.7 Å². The summed E-state index contributed by atoms with van der Waals surface area (Å²) in [6.45, 7) is 12.7. The number of carbonyl (C=O) groups excluding carboxylic acids is 1. The summed E-state index contributed by atoms with van der Waals surface area (Å²) in [6.07, 6.45) is 5.78. The smallest absolute Gasteiger partial charge is 0.318 e. The fourth-order valence-corrected chi connectivity index (χ4v) is 6.52. The summed E-state index contributed by atoms with van der Waals surface area (Å²) < 4.78 is 6.26. The minimum absolute atomic E-state index is 0.208. The lowest BCUT2D eigenvalue weighted by atomic mass is 9.73. The van der Waals surface area contributed by atoms with Gasteiger partial charge in [-0.3, -0.25) is 4.79 Å². The van der Waals surface area contributed by atoms with Gasteiger partial charge in [0, 0.05) is 52.9 Å². The zero-order chi connectivity index (χ0) is 26.9. The Morgan fingerprint density at radius 3 is 2.58 bits per heavy atom. The number of para-hydroxylation sites is 1. The number of benzene rings is 1. The second-order valence-electron chi connectivity index (χ2n) is 11.1. The lowest BCUT2D eigenvalue weighted by molar-refractivity contribution is -0.127. The van der Waals surface area contributed by atoms with Crippen molar-refractivity contribution in [3.8, 4) is 6.01 Å². The molecule has 1 atom stereocenters. The van der Waals surface area contributed by atoms with E-state index in [9.17, 15) is 4.79 Å². The number of piperidine rings is 1. The first kappa shape index (κ1) is 26.9. The first-order valence-electron chi connectivity index (χ1n) is 14.0. The molecule has 3 aliphatic heterocycles. The first-order valence-corrected chi connectivity index (χ1v) is 14.4. The van der Waals surface area contributed by atoms with E-state index in [4.69, 9.17) is 26.3 Å². The molecule has 204 valence electrons. The Hall–Kier alpha value is -2.64. The van der Waals surface area contributed by atoms with E-state index in [1.54, 1.807) is 6.92 Å². The van der Waals surface area contributed by atoms with Crippen molar-refractivity contribution in [1.29, 1.82) is 0 Å². The average Bonchev–Trinajstić information content (AvgIpc) is 3.35. The minimum Gasteiger partial charge on any atom is -0.462 e. The lowest BCUT2D eigenvalue weighted by Gasteiger charge is -2.41. The molecule has 0 radical (unpaired) electrons. The molecular weight excluding hydrogens is 498 g/mol. The molecule has 0 saturated carbocycles. The predicted molar refractivity (Wildman–Crippen MR) is 154 cm³/mol. The SMILES string of the molecule is C=C(Cl)c1ccccc1N1CCc2c(nc(OCC3CCCN3C)nc2N2CCC(CC)(C(C)=O)CC2)C1. The fraction of sp³-hybridized carbons (Fsp3) is 0.567. The maximum atomic E-state index is 12.5. The zero-order valence-corrected chi connectivity index (χ0v) is 23.8. The highest BCUT2D eigenvalue weighted by molar-refractivity contribution is 6.48. The van der Waals surface area contributed by atoms with Crippen LogP contribution < -0.4 is 14.5 Å². The van der Waals surface area contributed by atoms with Crippen LogP contribution in [0.3, 0.4) is 0 Å². The van der Waals surface area contributed by atoms with E-state index in [1.807, 2.05) is 18.2 Å². The van der Waals surface area contributed by atoms with Gasteiger partial charge in [-0.05, 0) is 65.1 Å². The number of ketones is 1. The van der Waals surface area contributed by atoms with Crippen molar-refractivity contribution >= 4 is 33.9 Å². The normalized spacial score (nSPS) is 21.3. The highest BCUT2D eigenvalue weighted by atomic mass is 35.5. The predicted octanol–water partition coefficient (Wildman–Crippen LogP) is 5.31. The molecular formula is C30H40ClN5O2. The van der Waals surface area contributed by atoms with Gasteiger partial charge >= 0.3 is 6.01 Å². The highest BCUT2D eigenvalue weighted by Gasteiger charge is 2.38. The van der Waals surface area contributed by atoms with E-state index >= 15 is 0 Å². The monoisotopic (exact) mass is 537 g/mol. The number of ether oxygens (including phenoxy) is 1. The van der Waals surface area contributed by atoms with Gasteiger partial charge in [0.2, 0.25) is 0 Å². The van der Waals surface area contributed by atoms with Gasteiger partial charge in [-0.15, -0.1) is 0 Å². The number of hydrogen-bond acceptors (Lipinski definition) is 7. The van der Waals surface area contributed by atoms with Crippen molar-refractivity contribution in [2.75, 3.05) is 49.6 Å².